The number of rotatable bonds is 5. The lowest BCUT2D eigenvalue weighted by atomic mass is 10.1. The van der Waals surface area contributed by atoms with Crippen LogP contribution in [-0.2, 0) is 23.7 Å². The maximum atomic E-state index is 13.1. The molecule has 1 aromatic heterocycles. The van der Waals surface area contributed by atoms with Gasteiger partial charge in [0.2, 0.25) is 10.0 Å². The fraction of sp³-hybridized carbons (Fsp3) is 0.429. The molecule has 1 aliphatic carbocycles. The summed E-state index contributed by atoms with van der Waals surface area (Å²) in [6.07, 6.45) is 2.37. The average molecular weight is 444 g/mol. The lowest BCUT2D eigenvalue weighted by molar-refractivity contribution is 0.144. The Labute approximate surface area is 181 Å². The number of hydrogen-bond acceptors (Lipinski definition) is 5. The number of benzene rings is 2. The molecule has 1 saturated carbocycles. The van der Waals surface area contributed by atoms with E-state index in [4.69, 9.17) is 17.3 Å². The van der Waals surface area contributed by atoms with E-state index in [1.807, 2.05) is 46.6 Å². The van der Waals surface area contributed by atoms with E-state index in [-0.39, 0.29) is 0 Å². The number of fused-ring (bicyclic) bond motifs is 1. The molecule has 0 radical (unpaired) electrons. The van der Waals surface area contributed by atoms with E-state index in [9.17, 15) is 8.42 Å². The molecule has 0 N–H and O–H groups in total. The molecule has 5 rings (SSSR count). The molecule has 0 amide bonds. The van der Waals surface area contributed by atoms with Crippen molar-refractivity contribution in [1.29, 1.82) is 0 Å². The minimum Gasteiger partial charge on any atom is -0.307 e. The molecule has 0 atom stereocenters. The van der Waals surface area contributed by atoms with Crippen molar-refractivity contribution in [2.45, 2.75) is 30.3 Å². The Morgan fingerprint density at radius 3 is 2.43 bits per heavy atom. The number of nitrogens with zero attached hydrogens (tertiary/aromatic N) is 5. The summed E-state index contributed by atoms with van der Waals surface area (Å²) in [6, 6.07) is 13.2. The summed E-state index contributed by atoms with van der Waals surface area (Å²) in [7, 11) is -1.52. The Hall–Kier alpha value is -2.07. The summed E-state index contributed by atoms with van der Waals surface area (Å²) in [6.45, 7) is 2.84. The molecule has 0 bridgehead atoms. The topological polar surface area (TPSA) is 63.4 Å². The van der Waals surface area contributed by atoms with Crippen molar-refractivity contribution in [2.24, 2.45) is 7.05 Å². The smallest absolute Gasteiger partial charge is 0.243 e. The quantitative estimate of drug-likeness (QED) is 0.568. The van der Waals surface area contributed by atoms with E-state index in [0.717, 1.165) is 21.4 Å². The van der Waals surface area contributed by atoms with E-state index in [0.29, 0.717) is 43.7 Å². The highest BCUT2D eigenvalue weighted by atomic mass is 32.2. The van der Waals surface area contributed by atoms with Crippen LogP contribution in [-0.4, -0.2) is 58.1 Å². The van der Waals surface area contributed by atoms with Gasteiger partial charge in [-0.25, -0.2) is 13.1 Å². The highest BCUT2D eigenvalue weighted by Crippen LogP contribution is 2.38. The van der Waals surface area contributed by atoms with E-state index < -0.39 is 10.0 Å². The standard InChI is InChI=1S/C21H25N5O2S2/c1-23-20(17-6-7-17)22-26(21(23)29)15-24-10-12-25(13-11-24)30(27,28)19-9-8-16-4-2-3-5-18(16)14-19/h2-5,8-9,14,17H,6-7,10-13,15H2,1H3. The summed E-state index contributed by atoms with van der Waals surface area (Å²) >= 11 is 5.54. The fourth-order valence-corrected chi connectivity index (χ4v) is 5.72. The molecule has 3 aromatic rings. The first-order chi connectivity index (χ1) is 14.4. The summed E-state index contributed by atoms with van der Waals surface area (Å²) in [5.74, 6) is 1.61. The second-order valence-electron chi connectivity index (χ2n) is 8.15. The largest absolute Gasteiger partial charge is 0.307 e. The van der Waals surface area contributed by atoms with Crippen molar-refractivity contribution in [1.82, 2.24) is 23.6 Å². The molecule has 2 fully saturated rings. The van der Waals surface area contributed by atoms with Gasteiger partial charge in [-0.1, -0.05) is 30.3 Å². The Morgan fingerprint density at radius 2 is 1.73 bits per heavy atom. The Balaban J connectivity index is 1.28. The molecule has 9 heteroatoms. The van der Waals surface area contributed by atoms with Gasteiger partial charge in [-0.3, -0.25) is 4.90 Å². The molecule has 158 valence electrons. The molecule has 30 heavy (non-hydrogen) atoms. The molecule has 7 nitrogen and oxygen atoms in total. The molecule has 0 spiro atoms. The Morgan fingerprint density at radius 1 is 1.03 bits per heavy atom. The Bertz CT molecular complexity index is 1250. The maximum absolute atomic E-state index is 13.1. The predicted octanol–water partition coefficient (Wildman–Crippen LogP) is 2.95. The lowest BCUT2D eigenvalue weighted by Gasteiger charge is -2.33. The number of hydrogen-bond donors (Lipinski definition) is 0. The first-order valence-corrected chi connectivity index (χ1v) is 12.1. The van der Waals surface area contributed by atoms with Crippen LogP contribution in [0.3, 0.4) is 0 Å². The van der Waals surface area contributed by atoms with Gasteiger partial charge in [0.05, 0.1) is 11.6 Å². The molecule has 2 heterocycles. The van der Waals surface area contributed by atoms with Crippen molar-refractivity contribution in [3.63, 3.8) is 0 Å². The van der Waals surface area contributed by atoms with Crippen LogP contribution in [0.2, 0.25) is 0 Å². The second-order valence-corrected chi connectivity index (χ2v) is 10.4. The highest BCUT2D eigenvalue weighted by molar-refractivity contribution is 7.89. The van der Waals surface area contributed by atoms with Gasteiger partial charge in [-0.15, -0.1) is 0 Å². The third-order valence-electron chi connectivity index (χ3n) is 6.04. The monoisotopic (exact) mass is 443 g/mol. The zero-order chi connectivity index (χ0) is 20.9. The maximum Gasteiger partial charge on any atom is 0.243 e. The van der Waals surface area contributed by atoms with Crippen LogP contribution in [0.5, 0.6) is 0 Å². The van der Waals surface area contributed by atoms with Crippen molar-refractivity contribution >= 4 is 33.0 Å². The van der Waals surface area contributed by atoms with Gasteiger partial charge in [0.1, 0.15) is 5.82 Å². The first kappa shape index (κ1) is 19.9. The normalized spacial score (nSPS) is 18.8. The fourth-order valence-electron chi connectivity index (χ4n) is 4.07. The van der Waals surface area contributed by atoms with E-state index in [1.54, 1.807) is 16.4 Å². The van der Waals surface area contributed by atoms with Gasteiger partial charge in [-0.2, -0.15) is 9.40 Å². The molecule has 1 aliphatic heterocycles. The van der Waals surface area contributed by atoms with Crippen molar-refractivity contribution < 1.29 is 8.42 Å². The van der Waals surface area contributed by atoms with Crippen LogP contribution in [0, 0.1) is 4.77 Å². The van der Waals surface area contributed by atoms with Gasteiger partial charge in [-0.05, 0) is 48.0 Å². The summed E-state index contributed by atoms with van der Waals surface area (Å²) < 4.78 is 32.5. The van der Waals surface area contributed by atoms with Crippen LogP contribution in [0.25, 0.3) is 10.8 Å². The number of piperazine rings is 1. The van der Waals surface area contributed by atoms with Crippen LogP contribution in [0.1, 0.15) is 24.6 Å². The van der Waals surface area contributed by atoms with E-state index >= 15 is 0 Å². The predicted molar refractivity (Wildman–Crippen MR) is 118 cm³/mol. The minimum atomic E-state index is -3.50. The van der Waals surface area contributed by atoms with Gasteiger partial charge < -0.3 is 4.57 Å². The van der Waals surface area contributed by atoms with Crippen LogP contribution < -0.4 is 0 Å². The minimum absolute atomic E-state index is 0.357. The number of aromatic nitrogens is 3. The zero-order valence-corrected chi connectivity index (χ0v) is 18.6. The second kappa shape index (κ2) is 7.56. The number of sulfonamides is 1. The molecule has 0 unspecified atom stereocenters. The van der Waals surface area contributed by atoms with Gasteiger partial charge in [0, 0.05) is 39.1 Å². The summed E-state index contributed by atoms with van der Waals surface area (Å²) in [4.78, 5) is 2.57. The van der Waals surface area contributed by atoms with Gasteiger partial charge >= 0.3 is 0 Å². The van der Waals surface area contributed by atoms with Crippen molar-refractivity contribution in [2.75, 3.05) is 26.2 Å². The van der Waals surface area contributed by atoms with E-state index in [1.165, 1.54) is 12.8 Å². The molecule has 1 saturated heterocycles. The third kappa shape index (κ3) is 3.60. The average Bonchev–Trinajstić information content (AvgIpc) is 3.57. The van der Waals surface area contributed by atoms with Gasteiger partial charge in [0.15, 0.2) is 4.77 Å². The molecule has 2 aliphatic rings. The van der Waals surface area contributed by atoms with Crippen molar-refractivity contribution in [3.05, 3.63) is 53.1 Å². The molecule has 2 aromatic carbocycles. The lowest BCUT2D eigenvalue weighted by Crippen LogP contribution is -2.48. The van der Waals surface area contributed by atoms with Crippen molar-refractivity contribution in [3.8, 4) is 0 Å². The summed E-state index contributed by atoms with van der Waals surface area (Å²) in [5, 5.41) is 6.69. The highest BCUT2D eigenvalue weighted by Gasteiger charge is 2.31. The Kier molecular flexibility index (Phi) is 5.01. The summed E-state index contributed by atoms with van der Waals surface area (Å²) in [5.41, 5.74) is 0. The zero-order valence-electron chi connectivity index (χ0n) is 16.9. The van der Waals surface area contributed by atoms with Crippen LogP contribution >= 0.6 is 12.2 Å². The third-order valence-corrected chi connectivity index (χ3v) is 8.42. The van der Waals surface area contributed by atoms with E-state index in [2.05, 4.69) is 4.90 Å². The van der Waals surface area contributed by atoms with Crippen LogP contribution in [0.15, 0.2) is 47.4 Å². The molecular weight excluding hydrogens is 418 g/mol. The van der Waals surface area contributed by atoms with Gasteiger partial charge in [0.25, 0.3) is 0 Å². The SMILES string of the molecule is Cn1c(C2CC2)nn(CN2CCN(S(=O)(=O)c3ccc4ccccc4c3)CC2)c1=S. The van der Waals surface area contributed by atoms with Crippen LogP contribution in [0.4, 0.5) is 0 Å². The molecular formula is C21H25N5O2S2. The first-order valence-electron chi connectivity index (χ1n) is 10.3.